The molecule has 0 heterocycles. The SMILES string of the molecule is CCC(=O)O[C@]1(C(=O)COC(=O)CC(NC(=O)CCCCCO[N+](=O)[O-])C(=O)OCCCCO[N+](=O)[O-])[C@@H](C)C[C@H]2[C@@H]3CC=C4CC(=O)C=C[C@]4(C)[C@@]3(Cl)[C@@H](O)C[C@@]21C. The Bertz CT molecular complexity index is 1720. The second-order valence-corrected chi connectivity index (χ2v) is 16.8. The molecule has 20 heteroatoms. The maximum atomic E-state index is 14.6. The Morgan fingerprint density at radius 3 is 2.25 bits per heavy atom. The zero-order chi connectivity index (χ0) is 43.8. The van der Waals surface area contributed by atoms with E-state index in [0.29, 0.717) is 19.3 Å². The summed E-state index contributed by atoms with van der Waals surface area (Å²) in [5, 5.41) is 33.3. The highest BCUT2D eigenvalue weighted by atomic mass is 35.5. The number of rotatable bonds is 22. The van der Waals surface area contributed by atoms with Gasteiger partial charge in [-0.25, -0.2) is 4.79 Å². The third-order valence-corrected chi connectivity index (χ3v) is 13.6. The molecule has 0 radical (unpaired) electrons. The summed E-state index contributed by atoms with van der Waals surface area (Å²) in [6, 6.07) is -1.56. The maximum Gasteiger partial charge on any atom is 0.329 e. The number of carbonyl (C=O) groups excluding carboxylic acids is 6. The number of hydrogen-bond donors (Lipinski definition) is 2. The van der Waals surface area contributed by atoms with Gasteiger partial charge in [0.1, 0.15) is 6.04 Å². The minimum absolute atomic E-state index is 0.0514. The van der Waals surface area contributed by atoms with Crippen LogP contribution in [0.1, 0.15) is 105 Å². The van der Waals surface area contributed by atoms with Crippen molar-refractivity contribution in [1.29, 1.82) is 0 Å². The van der Waals surface area contributed by atoms with Crippen molar-refractivity contribution < 1.29 is 67.9 Å². The van der Waals surface area contributed by atoms with E-state index < -0.39 is 98.1 Å². The number of fused-ring (bicyclic) bond motifs is 5. The van der Waals surface area contributed by atoms with Crippen molar-refractivity contribution in [3.8, 4) is 0 Å². The zero-order valence-corrected chi connectivity index (χ0v) is 34.5. The van der Waals surface area contributed by atoms with Gasteiger partial charge in [-0.3, -0.25) is 24.0 Å². The molecule has 19 nitrogen and oxygen atoms in total. The number of esters is 3. The van der Waals surface area contributed by atoms with Crippen molar-refractivity contribution in [2.24, 2.45) is 28.6 Å². The molecule has 1 unspecified atom stereocenters. The Labute approximate surface area is 346 Å². The Morgan fingerprint density at radius 1 is 0.966 bits per heavy atom. The van der Waals surface area contributed by atoms with Crippen molar-refractivity contribution in [3.05, 3.63) is 44.0 Å². The highest BCUT2D eigenvalue weighted by Gasteiger charge is 2.76. The molecule has 4 aliphatic rings. The Hall–Kier alpha value is -4.65. The zero-order valence-electron chi connectivity index (χ0n) is 33.8. The van der Waals surface area contributed by atoms with Gasteiger partial charge in [0.2, 0.25) is 11.7 Å². The van der Waals surface area contributed by atoms with Crippen LogP contribution in [0.2, 0.25) is 0 Å². The van der Waals surface area contributed by atoms with Crippen molar-refractivity contribution in [3.63, 3.8) is 0 Å². The first-order valence-electron chi connectivity index (χ1n) is 20.0. The minimum atomic E-state index is -1.86. The molecule has 2 saturated carbocycles. The fourth-order valence-corrected chi connectivity index (χ4v) is 10.3. The average molecular weight is 856 g/mol. The van der Waals surface area contributed by atoms with E-state index in [9.17, 15) is 54.1 Å². The van der Waals surface area contributed by atoms with E-state index >= 15 is 0 Å². The van der Waals surface area contributed by atoms with Gasteiger partial charge in [-0.15, -0.1) is 31.8 Å². The summed E-state index contributed by atoms with van der Waals surface area (Å²) in [6.45, 7) is 5.52. The summed E-state index contributed by atoms with van der Waals surface area (Å²) in [5.74, 6) is -5.59. The number of ether oxygens (including phenoxy) is 3. The second-order valence-electron chi connectivity index (χ2n) is 16.2. The molecule has 0 bridgehead atoms. The van der Waals surface area contributed by atoms with Crippen LogP contribution in [-0.2, 0) is 52.7 Å². The lowest BCUT2D eigenvalue weighted by atomic mass is 9.46. The monoisotopic (exact) mass is 855 g/mol. The first kappa shape index (κ1) is 47.0. The predicted octanol–water partition coefficient (Wildman–Crippen LogP) is 3.85. The third-order valence-electron chi connectivity index (χ3n) is 12.7. The van der Waals surface area contributed by atoms with Crippen LogP contribution in [0.4, 0.5) is 0 Å². The van der Waals surface area contributed by atoms with Gasteiger partial charge >= 0.3 is 17.9 Å². The van der Waals surface area contributed by atoms with Crippen LogP contribution in [-0.4, -0.2) is 99.7 Å². The first-order valence-corrected chi connectivity index (χ1v) is 20.3. The number of ketones is 2. The number of hydrogen-bond acceptors (Lipinski definition) is 16. The van der Waals surface area contributed by atoms with E-state index in [4.69, 9.17) is 25.8 Å². The van der Waals surface area contributed by atoms with Crippen LogP contribution >= 0.6 is 11.6 Å². The first-order chi connectivity index (χ1) is 27.8. The largest absolute Gasteiger partial charge is 0.464 e. The topological polar surface area (TPSA) is 267 Å². The van der Waals surface area contributed by atoms with E-state index in [0.717, 1.165) is 5.57 Å². The van der Waals surface area contributed by atoms with Gasteiger partial charge in [-0.05, 0) is 62.9 Å². The van der Waals surface area contributed by atoms with Gasteiger partial charge in [0.05, 0.1) is 37.2 Å². The molecule has 0 spiro atoms. The highest BCUT2D eigenvalue weighted by molar-refractivity contribution is 6.26. The van der Waals surface area contributed by atoms with Gasteiger partial charge in [0.15, 0.2) is 18.0 Å². The highest BCUT2D eigenvalue weighted by Crippen LogP contribution is 2.71. The van der Waals surface area contributed by atoms with E-state index in [1.807, 2.05) is 13.0 Å². The molecular weight excluding hydrogens is 802 g/mol. The summed E-state index contributed by atoms with van der Waals surface area (Å²) in [5.41, 5.74) is -3.09. The molecule has 4 aliphatic carbocycles. The fourth-order valence-electron chi connectivity index (χ4n) is 9.82. The molecule has 4 rings (SSSR count). The Balaban J connectivity index is 1.50. The van der Waals surface area contributed by atoms with Crippen molar-refractivity contribution in [1.82, 2.24) is 5.32 Å². The Kier molecular flexibility index (Phi) is 15.6. The van der Waals surface area contributed by atoms with Crippen LogP contribution in [0.25, 0.3) is 0 Å². The number of carbonyl (C=O) groups is 6. The summed E-state index contributed by atoms with van der Waals surface area (Å²) in [6.07, 6.45) is 5.24. The number of aliphatic hydroxyl groups excluding tert-OH is 1. The fraction of sp³-hybridized carbons (Fsp3) is 0.744. The van der Waals surface area contributed by atoms with Crippen LogP contribution in [0, 0.1) is 48.8 Å². The van der Waals surface area contributed by atoms with Crippen molar-refractivity contribution in [2.75, 3.05) is 26.4 Å². The van der Waals surface area contributed by atoms with Crippen LogP contribution in [0.5, 0.6) is 0 Å². The second kappa shape index (κ2) is 19.6. The molecule has 328 valence electrons. The van der Waals surface area contributed by atoms with E-state index in [1.165, 1.54) is 6.08 Å². The maximum absolute atomic E-state index is 14.6. The third kappa shape index (κ3) is 9.88. The van der Waals surface area contributed by atoms with Gasteiger partial charge in [-0.1, -0.05) is 51.8 Å². The molecule has 0 saturated heterocycles. The Morgan fingerprint density at radius 2 is 1.61 bits per heavy atom. The normalized spacial score (nSPS) is 30.9. The van der Waals surface area contributed by atoms with Crippen molar-refractivity contribution >= 4 is 47.0 Å². The molecular formula is C39H54ClN3O16. The molecule has 2 N–H and O–H groups in total. The van der Waals surface area contributed by atoms with Gasteiger partial charge in [-0.2, -0.15) is 0 Å². The summed E-state index contributed by atoms with van der Waals surface area (Å²) in [7, 11) is 0. The molecule has 59 heavy (non-hydrogen) atoms. The predicted molar refractivity (Wildman–Crippen MR) is 204 cm³/mol. The lowest BCUT2D eigenvalue weighted by molar-refractivity contribution is -0.757. The number of nitrogens with zero attached hydrogens (tertiary/aromatic N) is 2. The number of halogens is 1. The molecule has 0 aromatic carbocycles. The van der Waals surface area contributed by atoms with Gasteiger partial charge in [0.25, 0.3) is 10.2 Å². The number of allylic oxidation sites excluding steroid dienone is 4. The number of aliphatic hydroxyl groups is 1. The number of nitrogens with one attached hydrogen (secondary N) is 1. The summed E-state index contributed by atoms with van der Waals surface area (Å²) >= 11 is 7.57. The smallest absolute Gasteiger partial charge is 0.329 e. The van der Waals surface area contributed by atoms with E-state index in [-0.39, 0.29) is 82.9 Å². The molecule has 9 atom stereocenters. The number of unbranched alkanes of at least 4 members (excludes halogenated alkanes) is 3. The number of Topliss-reactive ketones (excluding diaryl/α,β-unsaturated/α-hetero) is 1. The van der Waals surface area contributed by atoms with Crippen LogP contribution < -0.4 is 5.32 Å². The van der Waals surface area contributed by atoms with E-state index in [1.54, 1.807) is 26.8 Å². The van der Waals surface area contributed by atoms with Crippen molar-refractivity contribution in [2.45, 2.75) is 127 Å². The van der Waals surface area contributed by atoms with Crippen LogP contribution in [0.15, 0.2) is 23.8 Å². The van der Waals surface area contributed by atoms with E-state index in [2.05, 4.69) is 15.0 Å². The molecule has 2 fully saturated rings. The minimum Gasteiger partial charge on any atom is -0.464 e. The number of alkyl halides is 1. The lowest BCUT2D eigenvalue weighted by Gasteiger charge is -2.63. The van der Waals surface area contributed by atoms with Crippen LogP contribution in [0.3, 0.4) is 0 Å². The standard InChI is InChI=1S/C39H54ClN3O16/c1-5-33(48)59-39(24(2)19-28-27-13-12-25-20-26(44)14-15-36(25,3)38(27,40)30(45)22-37(28,39)4)31(46)23-56-34(49)21-29(35(50)55-16-9-10-18-58-43(53)54)41-32(47)11-7-6-8-17-57-42(51)52/h12,14-15,24,27-30,45H,5-11,13,16-23H2,1-4H3,(H,41,47)/t24-,27-,28-,29?,30-,36-,37-,38-,39-/m0/s1. The summed E-state index contributed by atoms with van der Waals surface area (Å²) in [4.78, 5) is 107. The molecule has 0 aliphatic heterocycles. The lowest BCUT2D eigenvalue weighted by Crippen LogP contribution is -2.69. The molecule has 0 aromatic rings. The molecule has 0 aromatic heterocycles. The number of amides is 1. The average Bonchev–Trinajstić information content (AvgIpc) is 3.38. The quantitative estimate of drug-likeness (QED) is 0.0298. The summed E-state index contributed by atoms with van der Waals surface area (Å²) < 4.78 is 16.8. The van der Waals surface area contributed by atoms with Gasteiger partial charge < -0.3 is 34.3 Å². The van der Waals surface area contributed by atoms with Gasteiger partial charge in [0, 0.05) is 36.0 Å². The molecule has 1 amide bonds.